The Morgan fingerprint density at radius 2 is 2.21 bits per heavy atom. The molecule has 0 aromatic carbocycles. The van der Waals surface area contributed by atoms with Gasteiger partial charge < -0.3 is 15.4 Å². The molecule has 0 unspecified atom stereocenters. The zero-order valence-corrected chi connectivity index (χ0v) is 12.7. The molecule has 0 bridgehead atoms. The maximum absolute atomic E-state index is 5.42. The molecule has 1 aromatic heterocycles. The molecule has 1 fully saturated rings. The second-order valence-corrected chi connectivity index (χ2v) is 6.05. The largest absolute Gasteiger partial charge is 0.384 e. The first kappa shape index (κ1) is 14.7. The van der Waals surface area contributed by atoms with E-state index in [0.29, 0.717) is 0 Å². The maximum atomic E-state index is 5.42. The molecule has 19 heavy (non-hydrogen) atoms. The van der Waals surface area contributed by atoms with E-state index in [4.69, 9.17) is 4.74 Å². The van der Waals surface area contributed by atoms with E-state index in [-0.39, 0.29) is 5.41 Å². The van der Waals surface area contributed by atoms with Crippen molar-refractivity contribution in [2.75, 3.05) is 38.7 Å². The normalized spacial score (nSPS) is 18.4. The number of nitrogens with one attached hydrogen (secondary N) is 2. The van der Waals surface area contributed by atoms with E-state index in [1.807, 2.05) is 0 Å². The van der Waals surface area contributed by atoms with Crippen molar-refractivity contribution in [3.05, 3.63) is 5.82 Å². The van der Waals surface area contributed by atoms with Crippen molar-refractivity contribution >= 4 is 16.7 Å². The first-order valence-electron chi connectivity index (χ1n) is 7.04. The van der Waals surface area contributed by atoms with Crippen LogP contribution >= 0.6 is 11.5 Å². The molecule has 0 atom stereocenters. The van der Waals surface area contributed by atoms with Gasteiger partial charge in [0.25, 0.3) is 0 Å². The van der Waals surface area contributed by atoms with Gasteiger partial charge in [0.05, 0.1) is 6.61 Å². The van der Waals surface area contributed by atoms with Crippen molar-refractivity contribution in [3.63, 3.8) is 0 Å². The highest BCUT2D eigenvalue weighted by Crippen LogP contribution is 2.29. The van der Waals surface area contributed by atoms with Gasteiger partial charge in [0.1, 0.15) is 5.82 Å². The number of aryl methyl sites for hydroxylation is 1. The molecule has 0 spiro atoms. The van der Waals surface area contributed by atoms with E-state index >= 15 is 0 Å². The fourth-order valence-electron chi connectivity index (χ4n) is 2.55. The second kappa shape index (κ2) is 7.17. The van der Waals surface area contributed by atoms with Crippen LogP contribution in [0.3, 0.4) is 0 Å². The number of piperidine rings is 1. The standard InChI is InChI=1S/C13H24N4OS/c1-3-4-11-16-12(19-17-11)15-9-13(10-18-2)5-7-14-8-6-13/h14H,3-10H2,1-2H3,(H,15,16,17). The number of hydrogen-bond donors (Lipinski definition) is 2. The highest BCUT2D eigenvalue weighted by atomic mass is 32.1. The zero-order valence-electron chi connectivity index (χ0n) is 11.9. The van der Waals surface area contributed by atoms with E-state index in [9.17, 15) is 0 Å². The summed E-state index contributed by atoms with van der Waals surface area (Å²) in [5.41, 5.74) is 0.233. The van der Waals surface area contributed by atoms with Crippen molar-refractivity contribution in [1.29, 1.82) is 0 Å². The molecule has 1 saturated heterocycles. The Morgan fingerprint density at radius 3 is 2.89 bits per heavy atom. The van der Waals surface area contributed by atoms with Crippen LogP contribution in [0.4, 0.5) is 5.13 Å². The molecule has 0 saturated carbocycles. The Hall–Kier alpha value is -0.720. The Kier molecular flexibility index (Phi) is 5.54. The van der Waals surface area contributed by atoms with Crippen LogP contribution in [-0.4, -0.2) is 42.7 Å². The summed E-state index contributed by atoms with van der Waals surface area (Å²) < 4.78 is 9.78. The molecule has 2 rings (SSSR count). The Bertz CT molecular complexity index is 371. The van der Waals surface area contributed by atoms with Crippen molar-refractivity contribution in [3.8, 4) is 0 Å². The van der Waals surface area contributed by atoms with E-state index in [0.717, 1.165) is 62.9 Å². The van der Waals surface area contributed by atoms with E-state index in [1.54, 1.807) is 7.11 Å². The second-order valence-electron chi connectivity index (χ2n) is 5.30. The van der Waals surface area contributed by atoms with Gasteiger partial charge in [-0.1, -0.05) is 6.92 Å². The van der Waals surface area contributed by atoms with Crippen molar-refractivity contribution < 1.29 is 4.74 Å². The van der Waals surface area contributed by atoms with Gasteiger partial charge in [0, 0.05) is 37.0 Å². The minimum atomic E-state index is 0.233. The monoisotopic (exact) mass is 284 g/mol. The highest BCUT2D eigenvalue weighted by molar-refractivity contribution is 7.09. The van der Waals surface area contributed by atoms with Gasteiger partial charge in [-0.15, -0.1) is 0 Å². The summed E-state index contributed by atoms with van der Waals surface area (Å²) in [5, 5.41) is 7.81. The lowest BCUT2D eigenvalue weighted by Gasteiger charge is -2.37. The number of methoxy groups -OCH3 is 1. The summed E-state index contributed by atoms with van der Waals surface area (Å²) in [7, 11) is 1.79. The Balaban J connectivity index is 1.90. The van der Waals surface area contributed by atoms with E-state index in [1.165, 1.54) is 11.5 Å². The van der Waals surface area contributed by atoms with Gasteiger partial charge in [-0.3, -0.25) is 0 Å². The molecular formula is C13H24N4OS. The van der Waals surface area contributed by atoms with Crippen LogP contribution in [0.15, 0.2) is 0 Å². The predicted molar refractivity (Wildman–Crippen MR) is 78.8 cm³/mol. The smallest absolute Gasteiger partial charge is 0.202 e. The van der Waals surface area contributed by atoms with Gasteiger partial charge in [-0.25, -0.2) is 4.98 Å². The molecule has 1 aliphatic rings. The molecule has 1 aromatic rings. The molecule has 5 nitrogen and oxygen atoms in total. The zero-order chi connectivity index (χ0) is 13.6. The third-order valence-electron chi connectivity index (χ3n) is 3.67. The molecule has 6 heteroatoms. The minimum absolute atomic E-state index is 0.233. The Labute approximate surface area is 119 Å². The van der Waals surface area contributed by atoms with Gasteiger partial charge in [0.2, 0.25) is 5.13 Å². The van der Waals surface area contributed by atoms with Crippen LogP contribution in [0.1, 0.15) is 32.0 Å². The van der Waals surface area contributed by atoms with Gasteiger partial charge in [-0.05, 0) is 32.4 Å². The van der Waals surface area contributed by atoms with E-state index in [2.05, 4.69) is 26.9 Å². The molecule has 0 radical (unpaired) electrons. The summed E-state index contributed by atoms with van der Waals surface area (Å²) in [6.07, 6.45) is 4.35. The maximum Gasteiger partial charge on any atom is 0.202 e. The molecule has 1 aliphatic heterocycles. The van der Waals surface area contributed by atoms with Crippen LogP contribution in [0.25, 0.3) is 0 Å². The van der Waals surface area contributed by atoms with Crippen LogP contribution in [0, 0.1) is 5.41 Å². The summed E-state index contributed by atoms with van der Waals surface area (Å²) in [6.45, 7) is 6.02. The number of nitrogens with zero attached hydrogens (tertiary/aromatic N) is 2. The summed E-state index contributed by atoms with van der Waals surface area (Å²) in [5.74, 6) is 0.959. The van der Waals surface area contributed by atoms with Gasteiger partial charge in [0.15, 0.2) is 0 Å². The molecule has 108 valence electrons. The Morgan fingerprint density at radius 1 is 1.42 bits per heavy atom. The topological polar surface area (TPSA) is 59.1 Å². The molecule has 0 amide bonds. The fraction of sp³-hybridized carbons (Fsp3) is 0.846. The lowest BCUT2D eigenvalue weighted by Crippen LogP contribution is -2.44. The molecule has 2 N–H and O–H groups in total. The lowest BCUT2D eigenvalue weighted by atomic mass is 9.79. The van der Waals surface area contributed by atoms with Crippen LogP contribution in [0.5, 0.6) is 0 Å². The summed E-state index contributed by atoms with van der Waals surface area (Å²) >= 11 is 1.47. The third-order valence-corrected chi connectivity index (χ3v) is 4.38. The quantitative estimate of drug-likeness (QED) is 0.801. The summed E-state index contributed by atoms with van der Waals surface area (Å²) in [6, 6.07) is 0. The van der Waals surface area contributed by atoms with Gasteiger partial charge >= 0.3 is 0 Å². The minimum Gasteiger partial charge on any atom is -0.384 e. The van der Waals surface area contributed by atoms with E-state index < -0.39 is 0 Å². The fourth-order valence-corrected chi connectivity index (χ4v) is 3.16. The van der Waals surface area contributed by atoms with Crippen LogP contribution in [0.2, 0.25) is 0 Å². The predicted octanol–water partition coefficient (Wildman–Crippen LogP) is 1.92. The van der Waals surface area contributed by atoms with Crippen molar-refractivity contribution in [2.24, 2.45) is 5.41 Å². The summed E-state index contributed by atoms with van der Waals surface area (Å²) in [4.78, 5) is 4.52. The SMILES string of the molecule is CCCc1nsc(NCC2(COC)CCNCC2)n1. The third kappa shape index (κ3) is 4.12. The number of ether oxygens (including phenoxy) is 1. The first-order chi connectivity index (χ1) is 9.28. The van der Waals surface area contributed by atoms with Crippen molar-refractivity contribution in [2.45, 2.75) is 32.6 Å². The van der Waals surface area contributed by atoms with Crippen LogP contribution in [-0.2, 0) is 11.2 Å². The molecule has 0 aliphatic carbocycles. The number of rotatable bonds is 7. The number of hydrogen-bond acceptors (Lipinski definition) is 6. The number of anilines is 1. The molecule has 2 heterocycles. The lowest BCUT2D eigenvalue weighted by molar-refractivity contribution is 0.0636. The number of aromatic nitrogens is 2. The highest BCUT2D eigenvalue weighted by Gasteiger charge is 2.32. The average Bonchev–Trinajstić information content (AvgIpc) is 2.86. The van der Waals surface area contributed by atoms with Crippen LogP contribution < -0.4 is 10.6 Å². The molecular weight excluding hydrogens is 260 g/mol. The average molecular weight is 284 g/mol. The van der Waals surface area contributed by atoms with Gasteiger partial charge in [-0.2, -0.15) is 4.37 Å². The van der Waals surface area contributed by atoms with Crippen molar-refractivity contribution in [1.82, 2.24) is 14.7 Å². The first-order valence-corrected chi connectivity index (χ1v) is 7.81.